The maximum Gasteiger partial charge on any atom is 1.00 e. The van der Waals surface area contributed by atoms with Gasteiger partial charge < -0.3 is 16.6 Å². The Morgan fingerprint density at radius 3 is 2.21 bits per heavy atom. The predicted molar refractivity (Wildman–Crippen MR) is 62.1 cm³/mol. The number of esters is 1. The van der Waals surface area contributed by atoms with Gasteiger partial charge in [0.2, 0.25) is 5.91 Å². The number of amides is 3. The van der Waals surface area contributed by atoms with Crippen molar-refractivity contribution in [1.82, 2.24) is 10.6 Å². The van der Waals surface area contributed by atoms with E-state index in [1.807, 2.05) is 5.32 Å². The van der Waals surface area contributed by atoms with E-state index in [2.05, 4.69) is 10.1 Å². The number of aromatic hydroxyl groups is 1. The topological polar surface area (TPSA) is 105 Å². The van der Waals surface area contributed by atoms with Crippen LogP contribution in [-0.4, -0.2) is 36.7 Å². The maximum atomic E-state index is 10.8. The van der Waals surface area contributed by atoms with Crippen molar-refractivity contribution in [3.63, 3.8) is 0 Å². The Bertz CT molecular complexity index is 452. The van der Waals surface area contributed by atoms with Gasteiger partial charge >= 0.3 is 41.6 Å². The van der Waals surface area contributed by atoms with E-state index in [-0.39, 0.29) is 49.2 Å². The fourth-order valence-electron chi connectivity index (χ4n) is 1.09. The third kappa shape index (κ3) is 6.23. The van der Waals surface area contributed by atoms with Crippen molar-refractivity contribution < 1.29 is 55.2 Å². The number of nitrogens with one attached hydrogen (secondary N) is 2. The Morgan fingerprint density at radius 2 is 1.89 bits per heavy atom. The third-order valence-electron chi connectivity index (χ3n) is 1.95. The second-order valence-corrected chi connectivity index (χ2v) is 3.27. The first-order chi connectivity index (χ1) is 8.52. The number of phenols is 1. The van der Waals surface area contributed by atoms with E-state index in [0.717, 1.165) is 0 Å². The molecule has 1 heterocycles. The van der Waals surface area contributed by atoms with Gasteiger partial charge in [0.05, 0.1) is 19.2 Å². The molecule has 2 rings (SSSR count). The van der Waals surface area contributed by atoms with Crippen LogP contribution in [0.3, 0.4) is 0 Å². The fraction of sp³-hybridized carbons (Fsp3) is 0.182. The van der Waals surface area contributed by atoms with Gasteiger partial charge in [0.15, 0.2) is 0 Å². The van der Waals surface area contributed by atoms with Gasteiger partial charge in [0.25, 0.3) is 0 Å². The number of hydrogen-bond donors (Lipinski definition) is 3. The molecule has 0 aliphatic carbocycles. The summed E-state index contributed by atoms with van der Waals surface area (Å²) in [6, 6.07) is 5.48. The molecule has 0 saturated carbocycles. The molecule has 1 fully saturated rings. The minimum Gasteiger partial charge on any atom is -1.00 e. The van der Waals surface area contributed by atoms with E-state index in [4.69, 9.17) is 5.11 Å². The number of urea groups is 1. The second kappa shape index (κ2) is 8.52. The van der Waals surface area contributed by atoms with Gasteiger partial charge in [0, 0.05) is 0 Å². The number of phenolic OH excluding ortho intramolecular Hbond substituents is 1. The largest absolute Gasteiger partial charge is 1.00 e. The molecule has 1 aromatic rings. The Morgan fingerprint density at radius 1 is 1.32 bits per heavy atom. The summed E-state index contributed by atoms with van der Waals surface area (Å²) in [4.78, 5) is 30.9. The summed E-state index contributed by atoms with van der Waals surface area (Å²) in [7, 11) is 1.31. The number of benzene rings is 1. The molecule has 0 unspecified atom stereocenters. The quantitative estimate of drug-likeness (QED) is 0.290. The molecule has 19 heavy (non-hydrogen) atoms. The second-order valence-electron chi connectivity index (χ2n) is 3.27. The molecule has 7 nitrogen and oxygen atoms in total. The molecule has 0 spiro atoms. The number of rotatable bonds is 1. The Kier molecular flexibility index (Phi) is 7.81. The van der Waals surface area contributed by atoms with Crippen LogP contribution in [0.5, 0.6) is 5.75 Å². The Labute approximate surface area is 133 Å². The summed E-state index contributed by atoms with van der Waals surface area (Å²) in [6.45, 7) is 0.124. The SMILES string of the molecule is COC(=O)c1ccc(O)cc1.O=C1CNC(=O)N1.[H-].[Na+]. The van der Waals surface area contributed by atoms with E-state index in [0.29, 0.717) is 5.56 Å². The summed E-state index contributed by atoms with van der Waals surface area (Å²) in [5.41, 5.74) is 0.435. The molecule has 1 aromatic carbocycles. The first kappa shape index (κ1) is 17.4. The zero-order chi connectivity index (χ0) is 13.5. The number of hydrogen-bond acceptors (Lipinski definition) is 5. The average molecular weight is 276 g/mol. The zero-order valence-corrected chi connectivity index (χ0v) is 12.6. The summed E-state index contributed by atoms with van der Waals surface area (Å²) in [6.07, 6.45) is 0. The van der Waals surface area contributed by atoms with E-state index in [1.54, 1.807) is 0 Å². The Balaban J connectivity index is 0. The molecule has 1 aliphatic heterocycles. The van der Waals surface area contributed by atoms with E-state index in [9.17, 15) is 14.4 Å². The first-order valence-corrected chi connectivity index (χ1v) is 4.98. The monoisotopic (exact) mass is 276 g/mol. The smallest absolute Gasteiger partial charge is 1.00 e. The normalized spacial score (nSPS) is 12.3. The van der Waals surface area contributed by atoms with Gasteiger partial charge in [0.1, 0.15) is 5.75 Å². The molecule has 0 bridgehead atoms. The van der Waals surface area contributed by atoms with Crippen LogP contribution in [0.15, 0.2) is 24.3 Å². The first-order valence-electron chi connectivity index (χ1n) is 4.98. The maximum absolute atomic E-state index is 10.8. The molecular formula is C11H13N2NaO5. The van der Waals surface area contributed by atoms with E-state index in [1.165, 1.54) is 31.4 Å². The summed E-state index contributed by atoms with van der Waals surface area (Å²) < 4.78 is 4.46. The molecule has 0 atom stereocenters. The van der Waals surface area contributed by atoms with E-state index < -0.39 is 12.0 Å². The minimum absolute atomic E-state index is 0. The number of methoxy groups -OCH3 is 1. The molecule has 0 radical (unpaired) electrons. The molecule has 1 aliphatic rings. The van der Waals surface area contributed by atoms with Gasteiger partial charge in [-0.3, -0.25) is 10.1 Å². The van der Waals surface area contributed by atoms with Crippen molar-refractivity contribution in [2.24, 2.45) is 0 Å². The van der Waals surface area contributed by atoms with Crippen molar-refractivity contribution in [2.45, 2.75) is 0 Å². The summed E-state index contributed by atoms with van der Waals surface area (Å²) >= 11 is 0. The molecule has 8 heteroatoms. The minimum atomic E-state index is -0.398. The molecule has 3 N–H and O–H groups in total. The van der Waals surface area contributed by atoms with Gasteiger partial charge in [-0.15, -0.1) is 0 Å². The number of carbonyl (C=O) groups excluding carboxylic acids is 3. The standard InChI is InChI=1S/C8H8O3.C3H4N2O2.Na.H/c1-11-8(10)6-2-4-7(9)5-3-6;6-2-1-4-3(7)5-2;;/h2-5,9H,1H3;1H2,(H2,4,5,6,7);;/q;;+1;-1. The van der Waals surface area contributed by atoms with Crippen molar-refractivity contribution in [3.8, 4) is 5.75 Å². The van der Waals surface area contributed by atoms with Crippen LogP contribution in [0.2, 0.25) is 0 Å². The van der Waals surface area contributed by atoms with Crippen LogP contribution in [0, 0.1) is 0 Å². The molecule has 0 aromatic heterocycles. The molecule has 3 amide bonds. The van der Waals surface area contributed by atoms with Crippen LogP contribution in [0.25, 0.3) is 0 Å². The van der Waals surface area contributed by atoms with Crippen molar-refractivity contribution >= 4 is 17.9 Å². The van der Waals surface area contributed by atoms with Crippen LogP contribution in [-0.2, 0) is 9.53 Å². The summed E-state index contributed by atoms with van der Waals surface area (Å²) in [5, 5.41) is 13.2. The Hall–Kier alpha value is -1.57. The van der Waals surface area contributed by atoms with Crippen molar-refractivity contribution in [1.29, 1.82) is 0 Å². The predicted octanol–water partition coefficient (Wildman–Crippen LogP) is -2.88. The van der Waals surface area contributed by atoms with Crippen molar-refractivity contribution in [2.75, 3.05) is 13.7 Å². The van der Waals surface area contributed by atoms with Crippen LogP contribution in [0.4, 0.5) is 4.79 Å². The van der Waals surface area contributed by atoms with Crippen LogP contribution >= 0.6 is 0 Å². The van der Waals surface area contributed by atoms with Crippen molar-refractivity contribution in [3.05, 3.63) is 29.8 Å². The van der Waals surface area contributed by atoms with E-state index >= 15 is 0 Å². The molecular weight excluding hydrogens is 263 g/mol. The van der Waals surface area contributed by atoms with Gasteiger partial charge in [-0.2, -0.15) is 0 Å². The van der Waals surface area contributed by atoms with Gasteiger partial charge in [-0.05, 0) is 24.3 Å². The van der Waals surface area contributed by atoms with Gasteiger partial charge in [-0.25, -0.2) is 9.59 Å². The molecule has 98 valence electrons. The number of ether oxygens (including phenoxy) is 1. The van der Waals surface area contributed by atoms with Crippen LogP contribution in [0.1, 0.15) is 11.8 Å². The third-order valence-corrected chi connectivity index (χ3v) is 1.95. The van der Waals surface area contributed by atoms with Gasteiger partial charge in [-0.1, -0.05) is 0 Å². The molecule has 1 saturated heterocycles. The van der Waals surface area contributed by atoms with Crippen LogP contribution < -0.4 is 40.2 Å². The number of imide groups is 1. The zero-order valence-electron chi connectivity index (χ0n) is 11.6. The fourth-order valence-corrected chi connectivity index (χ4v) is 1.09. The summed E-state index contributed by atoms with van der Waals surface area (Å²) in [5.74, 6) is -0.521. The average Bonchev–Trinajstić information content (AvgIpc) is 2.74. The number of carbonyl (C=O) groups is 3.